The minimum atomic E-state index is -0.822. The van der Waals surface area contributed by atoms with Crippen molar-refractivity contribution in [3.05, 3.63) is 122 Å². The molecule has 0 N–H and O–H groups in total. The van der Waals surface area contributed by atoms with Crippen molar-refractivity contribution < 1.29 is 28.6 Å². The Morgan fingerprint density at radius 1 is 0.339 bits per heavy atom. The molecule has 0 aliphatic rings. The Balaban J connectivity index is 4.54. The molecule has 0 amide bonds. The number of esters is 3. The van der Waals surface area contributed by atoms with Crippen LogP contribution in [-0.2, 0) is 28.6 Å². The third kappa shape index (κ3) is 46.9. The number of ether oxygens (including phenoxy) is 3. The lowest BCUT2D eigenvalue weighted by molar-refractivity contribution is -0.167. The van der Waals surface area contributed by atoms with Crippen molar-refractivity contribution in [3.8, 4) is 0 Å². The van der Waals surface area contributed by atoms with Gasteiger partial charge in [0.25, 0.3) is 0 Å². The van der Waals surface area contributed by atoms with Gasteiger partial charge in [-0.25, -0.2) is 0 Å². The second-order valence-corrected chi connectivity index (χ2v) is 15.8. The summed E-state index contributed by atoms with van der Waals surface area (Å²) in [5.41, 5.74) is 0. The smallest absolute Gasteiger partial charge is 0.306 e. The molecule has 0 rings (SSSR count). The van der Waals surface area contributed by atoms with Crippen LogP contribution < -0.4 is 0 Å². The maximum Gasteiger partial charge on any atom is 0.306 e. The Morgan fingerprint density at radius 3 is 1.06 bits per heavy atom. The minimum absolute atomic E-state index is 0.119. The van der Waals surface area contributed by atoms with Crippen molar-refractivity contribution in [2.75, 3.05) is 13.2 Å². The summed E-state index contributed by atoms with van der Waals surface area (Å²) in [4.78, 5) is 37.9. The minimum Gasteiger partial charge on any atom is -0.462 e. The fraction of sp³-hybridized carbons (Fsp3) is 0.589. The van der Waals surface area contributed by atoms with Crippen LogP contribution in [0.25, 0.3) is 0 Å². The second kappa shape index (κ2) is 49.5. The van der Waals surface area contributed by atoms with Gasteiger partial charge in [0.15, 0.2) is 6.10 Å². The largest absolute Gasteiger partial charge is 0.462 e. The Labute approximate surface area is 380 Å². The van der Waals surface area contributed by atoms with Crippen molar-refractivity contribution in [1.29, 1.82) is 0 Å². The van der Waals surface area contributed by atoms with Gasteiger partial charge in [0.2, 0.25) is 0 Å². The second-order valence-electron chi connectivity index (χ2n) is 15.8. The van der Waals surface area contributed by atoms with E-state index in [1.165, 1.54) is 44.9 Å². The van der Waals surface area contributed by atoms with Gasteiger partial charge in [-0.05, 0) is 83.5 Å². The fourth-order valence-corrected chi connectivity index (χ4v) is 6.15. The molecule has 0 aromatic carbocycles. The van der Waals surface area contributed by atoms with Crippen molar-refractivity contribution >= 4 is 17.9 Å². The quantitative estimate of drug-likeness (QED) is 0.0263. The number of hydrogen-bond acceptors (Lipinski definition) is 6. The first-order valence-electron chi connectivity index (χ1n) is 24.7. The summed E-state index contributed by atoms with van der Waals surface area (Å²) < 4.78 is 16.7. The van der Waals surface area contributed by atoms with E-state index in [9.17, 15) is 14.4 Å². The normalized spacial score (nSPS) is 13.1. The first-order chi connectivity index (χ1) is 30.5. The van der Waals surface area contributed by atoms with Crippen LogP contribution in [-0.4, -0.2) is 37.2 Å². The standard InChI is InChI=1S/C56H88O6/c1-4-7-10-13-16-19-22-24-26-27-28-30-31-34-37-40-43-46-49-55(58)61-52-53(51-60-54(57)48-45-42-39-36-33-21-18-15-12-9-6-3)62-56(59)50-47-44-41-38-35-32-29-25-23-20-17-14-11-8-5-2/h8,11,14-15,17-18,20-30,32-33,35,53H,4-7,9-10,12-13,16,19,31,34,36-52H2,1-3H3/b11-8-,17-14-,18-15-,23-20-,24-22-,27-26-,29-25-,30-28-,33-21-,35-32-. The van der Waals surface area contributed by atoms with Gasteiger partial charge in [-0.15, -0.1) is 0 Å². The molecule has 0 aliphatic heterocycles. The van der Waals surface area contributed by atoms with Gasteiger partial charge in [-0.3, -0.25) is 14.4 Å². The first-order valence-corrected chi connectivity index (χ1v) is 24.7. The molecule has 0 heterocycles. The number of carbonyl (C=O) groups excluding carboxylic acids is 3. The average molecular weight is 857 g/mol. The highest BCUT2D eigenvalue weighted by Crippen LogP contribution is 2.12. The zero-order valence-electron chi connectivity index (χ0n) is 39.6. The third-order valence-corrected chi connectivity index (χ3v) is 9.89. The lowest BCUT2D eigenvalue weighted by Gasteiger charge is -2.18. The number of carbonyl (C=O) groups is 3. The van der Waals surface area contributed by atoms with Crippen LogP contribution in [0, 0.1) is 0 Å². The first kappa shape index (κ1) is 57.8. The van der Waals surface area contributed by atoms with E-state index < -0.39 is 6.10 Å². The molecule has 0 saturated heterocycles. The molecule has 0 aromatic heterocycles. The Hall–Kier alpha value is -4.19. The van der Waals surface area contributed by atoms with E-state index in [2.05, 4.69) is 93.7 Å². The molecule has 0 radical (unpaired) electrons. The van der Waals surface area contributed by atoms with E-state index in [1.807, 2.05) is 48.6 Å². The highest BCUT2D eigenvalue weighted by molar-refractivity contribution is 5.71. The summed E-state index contributed by atoms with van der Waals surface area (Å²) in [6.07, 6.45) is 67.5. The SMILES string of the molecule is CC\C=C/C=C\C=C/C=C\C=C/CCCCCC(=O)OC(COC(=O)CCCCC/C=C\C=C/CCCC)COC(=O)CCCCCCC\C=C/C=C\C=C/CCCCCCC. The van der Waals surface area contributed by atoms with Crippen LogP contribution in [0.2, 0.25) is 0 Å². The fourth-order valence-electron chi connectivity index (χ4n) is 6.15. The summed E-state index contributed by atoms with van der Waals surface area (Å²) in [5.74, 6) is -1.02. The van der Waals surface area contributed by atoms with Gasteiger partial charge in [-0.2, -0.15) is 0 Å². The van der Waals surface area contributed by atoms with Gasteiger partial charge in [0, 0.05) is 19.3 Å². The molecule has 0 fully saturated rings. The number of allylic oxidation sites excluding steroid dienone is 20. The van der Waals surface area contributed by atoms with Crippen molar-refractivity contribution in [1.82, 2.24) is 0 Å². The predicted molar refractivity (Wildman–Crippen MR) is 265 cm³/mol. The molecule has 0 spiro atoms. The molecule has 1 atom stereocenters. The summed E-state index contributed by atoms with van der Waals surface area (Å²) >= 11 is 0. The van der Waals surface area contributed by atoms with Crippen molar-refractivity contribution in [2.45, 2.75) is 200 Å². The molecule has 6 nitrogen and oxygen atoms in total. The van der Waals surface area contributed by atoms with E-state index in [-0.39, 0.29) is 37.5 Å². The monoisotopic (exact) mass is 857 g/mol. The number of rotatable bonds is 42. The molecule has 6 heteroatoms. The van der Waals surface area contributed by atoms with E-state index in [0.29, 0.717) is 19.3 Å². The van der Waals surface area contributed by atoms with Crippen LogP contribution in [0.1, 0.15) is 194 Å². The van der Waals surface area contributed by atoms with Crippen LogP contribution in [0.5, 0.6) is 0 Å². The molecule has 0 aromatic rings. The maximum absolute atomic E-state index is 12.8. The molecule has 62 heavy (non-hydrogen) atoms. The van der Waals surface area contributed by atoms with Gasteiger partial charge in [0.05, 0.1) is 0 Å². The molecular weight excluding hydrogens is 769 g/mol. The van der Waals surface area contributed by atoms with Crippen LogP contribution in [0.3, 0.4) is 0 Å². The van der Waals surface area contributed by atoms with E-state index >= 15 is 0 Å². The number of hydrogen-bond donors (Lipinski definition) is 0. The predicted octanol–water partition coefficient (Wildman–Crippen LogP) is 16.1. The number of unbranched alkanes of at least 4 members (excludes halogenated alkanes) is 18. The van der Waals surface area contributed by atoms with Gasteiger partial charge < -0.3 is 14.2 Å². The maximum atomic E-state index is 12.8. The van der Waals surface area contributed by atoms with Crippen LogP contribution in [0.15, 0.2) is 122 Å². The Bertz CT molecular complexity index is 1350. The van der Waals surface area contributed by atoms with E-state index in [0.717, 1.165) is 103 Å². The van der Waals surface area contributed by atoms with Crippen LogP contribution in [0.4, 0.5) is 0 Å². The van der Waals surface area contributed by atoms with E-state index in [1.54, 1.807) is 0 Å². The lowest BCUT2D eigenvalue weighted by Crippen LogP contribution is -2.30. The lowest BCUT2D eigenvalue weighted by atomic mass is 10.1. The summed E-state index contributed by atoms with van der Waals surface area (Å²) in [5, 5.41) is 0. The molecule has 0 aliphatic carbocycles. The van der Waals surface area contributed by atoms with Crippen molar-refractivity contribution in [3.63, 3.8) is 0 Å². The average Bonchev–Trinajstić information content (AvgIpc) is 3.27. The molecule has 348 valence electrons. The van der Waals surface area contributed by atoms with Crippen molar-refractivity contribution in [2.24, 2.45) is 0 Å². The molecule has 0 bridgehead atoms. The Kier molecular flexibility index (Phi) is 46.1. The molecular formula is C56H88O6. The molecule has 1 unspecified atom stereocenters. The summed E-state index contributed by atoms with van der Waals surface area (Å²) in [6.45, 7) is 6.32. The van der Waals surface area contributed by atoms with Gasteiger partial charge >= 0.3 is 17.9 Å². The van der Waals surface area contributed by atoms with Gasteiger partial charge in [0.1, 0.15) is 13.2 Å². The zero-order valence-corrected chi connectivity index (χ0v) is 39.6. The zero-order chi connectivity index (χ0) is 45.1. The topological polar surface area (TPSA) is 78.9 Å². The summed E-state index contributed by atoms with van der Waals surface area (Å²) in [7, 11) is 0. The highest BCUT2D eigenvalue weighted by atomic mass is 16.6. The third-order valence-electron chi connectivity index (χ3n) is 9.89. The van der Waals surface area contributed by atoms with Crippen LogP contribution >= 0.6 is 0 Å². The Morgan fingerprint density at radius 2 is 0.645 bits per heavy atom. The van der Waals surface area contributed by atoms with E-state index in [4.69, 9.17) is 14.2 Å². The molecule has 0 saturated carbocycles. The summed E-state index contributed by atoms with van der Waals surface area (Å²) in [6, 6.07) is 0. The van der Waals surface area contributed by atoms with Gasteiger partial charge in [-0.1, -0.05) is 213 Å². The highest BCUT2D eigenvalue weighted by Gasteiger charge is 2.19.